The summed E-state index contributed by atoms with van der Waals surface area (Å²) >= 11 is 0. The maximum Gasteiger partial charge on any atom is 0.411 e. The molecule has 104 valence electrons. The Labute approximate surface area is 116 Å². The average molecular weight is 274 g/mol. The van der Waals surface area contributed by atoms with E-state index in [1.807, 2.05) is 6.07 Å². The van der Waals surface area contributed by atoms with E-state index in [0.717, 1.165) is 5.56 Å². The van der Waals surface area contributed by atoms with Gasteiger partial charge < -0.3 is 10.5 Å². The van der Waals surface area contributed by atoms with Gasteiger partial charge in [-0.15, -0.1) is 0 Å². The molecule has 0 atom stereocenters. The highest BCUT2D eigenvalue weighted by Crippen LogP contribution is 2.12. The zero-order valence-electron chi connectivity index (χ0n) is 10.8. The van der Waals surface area contributed by atoms with Gasteiger partial charge in [-0.05, 0) is 23.8 Å². The van der Waals surface area contributed by atoms with Crippen LogP contribution in [-0.4, -0.2) is 6.09 Å². The molecule has 2 aromatic rings. The number of ether oxygens (including phenoxy) is 1. The van der Waals surface area contributed by atoms with Gasteiger partial charge in [0.1, 0.15) is 12.4 Å². The van der Waals surface area contributed by atoms with Crippen LogP contribution in [0.5, 0.6) is 0 Å². The van der Waals surface area contributed by atoms with Crippen LogP contribution in [0.25, 0.3) is 0 Å². The van der Waals surface area contributed by atoms with Crippen LogP contribution in [0.15, 0.2) is 48.5 Å². The number of nitrogens with two attached hydrogens (primary N) is 1. The summed E-state index contributed by atoms with van der Waals surface area (Å²) in [4.78, 5) is 11.6. The lowest BCUT2D eigenvalue weighted by Crippen LogP contribution is -2.14. The zero-order valence-corrected chi connectivity index (χ0v) is 10.8. The van der Waals surface area contributed by atoms with Crippen molar-refractivity contribution in [3.05, 3.63) is 65.5 Å². The van der Waals surface area contributed by atoms with Gasteiger partial charge in [-0.2, -0.15) is 0 Å². The van der Waals surface area contributed by atoms with Crippen molar-refractivity contribution in [3.63, 3.8) is 0 Å². The van der Waals surface area contributed by atoms with Crippen molar-refractivity contribution in [2.75, 3.05) is 5.32 Å². The lowest BCUT2D eigenvalue weighted by atomic mass is 10.2. The van der Waals surface area contributed by atoms with Crippen molar-refractivity contribution in [1.29, 1.82) is 0 Å². The molecular weight excluding hydrogens is 259 g/mol. The summed E-state index contributed by atoms with van der Waals surface area (Å²) in [5.41, 5.74) is 7.34. The van der Waals surface area contributed by atoms with Crippen molar-refractivity contribution >= 4 is 11.8 Å². The fraction of sp³-hybridized carbons (Fsp3) is 0.133. The molecule has 0 saturated carbocycles. The minimum atomic E-state index is -0.637. The third kappa shape index (κ3) is 3.80. The van der Waals surface area contributed by atoms with Crippen molar-refractivity contribution in [2.24, 2.45) is 5.73 Å². The minimum Gasteiger partial charge on any atom is -0.444 e. The van der Waals surface area contributed by atoms with E-state index in [2.05, 4.69) is 5.32 Å². The summed E-state index contributed by atoms with van der Waals surface area (Å²) in [5, 5.41) is 2.57. The molecule has 0 aromatic heterocycles. The van der Waals surface area contributed by atoms with Crippen molar-refractivity contribution in [2.45, 2.75) is 13.2 Å². The van der Waals surface area contributed by atoms with Gasteiger partial charge in [-0.1, -0.05) is 30.3 Å². The summed E-state index contributed by atoms with van der Waals surface area (Å²) in [5.74, 6) is -0.398. The van der Waals surface area contributed by atoms with Crippen LogP contribution in [0.1, 0.15) is 11.1 Å². The molecule has 0 aliphatic heterocycles. The number of hydrogen-bond donors (Lipinski definition) is 2. The number of rotatable bonds is 4. The van der Waals surface area contributed by atoms with Gasteiger partial charge in [0.15, 0.2) is 0 Å². The number of halogens is 1. The number of hydrogen-bond acceptors (Lipinski definition) is 3. The van der Waals surface area contributed by atoms with Crippen LogP contribution in [0.3, 0.4) is 0 Å². The summed E-state index contributed by atoms with van der Waals surface area (Å²) in [6.45, 7) is 0.273. The molecule has 0 aliphatic rings. The van der Waals surface area contributed by atoms with Gasteiger partial charge in [0.25, 0.3) is 0 Å². The summed E-state index contributed by atoms with van der Waals surface area (Å²) < 4.78 is 18.3. The molecule has 20 heavy (non-hydrogen) atoms. The zero-order chi connectivity index (χ0) is 14.4. The van der Waals surface area contributed by atoms with E-state index in [-0.39, 0.29) is 6.61 Å². The summed E-state index contributed by atoms with van der Waals surface area (Å²) in [7, 11) is 0. The Kier molecular flexibility index (Phi) is 4.68. The normalized spacial score (nSPS) is 10.1. The van der Waals surface area contributed by atoms with Crippen LogP contribution in [0, 0.1) is 5.82 Å². The van der Waals surface area contributed by atoms with Gasteiger partial charge in [0.05, 0.1) is 0 Å². The van der Waals surface area contributed by atoms with Crippen molar-refractivity contribution in [1.82, 2.24) is 0 Å². The molecule has 0 radical (unpaired) electrons. The molecule has 0 spiro atoms. The Bertz CT molecular complexity index is 602. The monoisotopic (exact) mass is 274 g/mol. The highest BCUT2D eigenvalue weighted by molar-refractivity contribution is 5.84. The molecule has 0 bridgehead atoms. The Balaban J connectivity index is 1.91. The highest BCUT2D eigenvalue weighted by Gasteiger charge is 2.06. The molecule has 0 saturated heterocycles. The lowest BCUT2D eigenvalue weighted by Gasteiger charge is -2.08. The SMILES string of the molecule is NCc1cccc(NC(=O)OCc2ccccc2F)c1. The number of nitrogens with one attached hydrogen (secondary N) is 1. The fourth-order valence-electron chi connectivity index (χ4n) is 1.69. The summed E-state index contributed by atoms with van der Waals surface area (Å²) in [6.07, 6.45) is -0.637. The topological polar surface area (TPSA) is 64.3 Å². The first-order chi connectivity index (χ1) is 9.69. The number of amides is 1. The molecule has 5 heteroatoms. The third-order valence-corrected chi connectivity index (χ3v) is 2.73. The Hall–Kier alpha value is -2.40. The lowest BCUT2D eigenvalue weighted by molar-refractivity contribution is 0.154. The second kappa shape index (κ2) is 6.68. The van der Waals surface area contributed by atoms with Crippen LogP contribution in [-0.2, 0) is 17.9 Å². The van der Waals surface area contributed by atoms with E-state index in [1.165, 1.54) is 6.07 Å². The largest absolute Gasteiger partial charge is 0.444 e. The fourth-order valence-corrected chi connectivity index (χ4v) is 1.69. The van der Waals surface area contributed by atoms with E-state index >= 15 is 0 Å². The second-order valence-electron chi connectivity index (χ2n) is 4.20. The predicted octanol–water partition coefficient (Wildman–Crippen LogP) is 3.03. The first kappa shape index (κ1) is 14.0. The second-order valence-corrected chi connectivity index (χ2v) is 4.20. The van der Waals surface area contributed by atoms with Gasteiger partial charge in [-0.3, -0.25) is 5.32 Å². The number of benzene rings is 2. The quantitative estimate of drug-likeness (QED) is 0.900. The number of carbonyl (C=O) groups is 1. The summed E-state index contributed by atoms with van der Waals surface area (Å²) in [6, 6.07) is 13.3. The van der Waals surface area contributed by atoms with E-state index in [0.29, 0.717) is 17.8 Å². The third-order valence-electron chi connectivity index (χ3n) is 2.73. The van der Waals surface area contributed by atoms with Crippen LogP contribution in [0.4, 0.5) is 14.9 Å². The minimum absolute atomic E-state index is 0.116. The molecule has 0 heterocycles. The van der Waals surface area contributed by atoms with E-state index in [9.17, 15) is 9.18 Å². The smallest absolute Gasteiger partial charge is 0.411 e. The van der Waals surface area contributed by atoms with Crippen LogP contribution in [0.2, 0.25) is 0 Å². The Morgan fingerprint density at radius 3 is 2.75 bits per heavy atom. The molecule has 0 fully saturated rings. The molecule has 2 aromatic carbocycles. The standard InChI is InChI=1S/C15H15FN2O2/c16-14-7-2-1-5-12(14)10-20-15(19)18-13-6-3-4-11(8-13)9-17/h1-8H,9-10,17H2,(H,18,19). The van der Waals surface area contributed by atoms with Gasteiger partial charge in [0.2, 0.25) is 0 Å². The predicted molar refractivity (Wildman–Crippen MR) is 74.5 cm³/mol. The van der Waals surface area contributed by atoms with E-state index in [4.69, 9.17) is 10.5 Å². The van der Waals surface area contributed by atoms with Crippen molar-refractivity contribution < 1.29 is 13.9 Å². The van der Waals surface area contributed by atoms with Gasteiger partial charge in [0, 0.05) is 17.8 Å². The Morgan fingerprint density at radius 2 is 2.00 bits per heavy atom. The highest BCUT2D eigenvalue weighted by atomic mass is 19.1. The average Bonchev–Trinajstić information content (AvgIpc) is 2.46. The molecule has 2 rings (SSSR count). The molecule has 1 amide bonds. The number of carbonyl (C=O) groups excluding carboxylic acids is 1. The first-order valence-corrected chi connectivity index (χ1v) is 6.15. The molecule has 4 nitrogen and oxygen atoms in total. The number of anilines is 1. The van der Waals surface area contributed by atoms with Crippen molar-refractivity contribution in [3.8, 4) is 0 Å². The van der Waals surface area contributed by atoms with Crippen LogP contribution >= 0.6 is 0 Å². The molecule has 0 unspecified atom stereocenters. The molecule has 0 aliphatic carbocycles. The van der Waals surface area contributed by atoms with E-state index in [1.54, 1.807) is 36.4 Å². The maximum absolute atomic E-state index is 13.3. The van der Waals surface area contributed by atoms with Gasteiger partial charge in [-0.25, -0.2) is 9.18 Å². The molecular formula is C15H15FN2O2. The maximum atomic E-state index is 13.3. The van der Waals surface area contributed by atoms with Crippen LogP contribution < -0.4 is 11.1 Å². The molecule has 3 N–H and O–H groups in total. The Morgan fingerprint density at radius 1 is 1.20 bits per heavy atom. The first-order valence-electron chi connectivity index (χ1n) is 6.15. The van der Waals surface area contributed by atoms with E-state index < -0.39 is 11.9 Å². The van der Waals surface area contributed by atoms with Gasteiger partial charge >= 0.3 is 6.09 Å².